The van der Waals surface area contributed by atoms with Crippen molar-refractivity contribution < 1.29 is 4.79 Å². The zero-order valence-electron chi connectivity index (χ0n) is 7.09. The predicted octanol–water partition coefficient (Wildman–Crippen LogP) is 2.39. The van der Waals surface area contributed by atoms with Gasteiger partial charge in [-0.15, -0.1) is 0 Å². The molecule has 0 heterocycles. The van der Waals surface area contributed by atoms with E-state index in [9.17, 15) is 4.79 Å². The Morgan fingerprint density at radius 3 is 2.62 bits per heavy atom. The highest BCUT2D eigenvalue weighted by molar-refractivity contribution is 9.09. The van der Waals surface area contributed by atoms with E-state index in [-0.39, 0.29) is 5.78 Å². The summed E-state index contributed by atoms with van der Waals surface area (Å²) in [6.45, 7) is 0. The van der Waals surface area contributed by atoms with Crippen molar-refractivity contribution in [1.29, 1.82) is 0 Å². The number of Topliss-reactive ketones (excluding diaryl/α,β-unsaturated/α-hetero) is 1. The molecule has 0 radical (unpaired) electrons. The fourth-order valence-electron chi connectivity index (χ4n) is 0.812. The van der Waals surface area contributed by atoms with Crippen molar-refractivity contribution in [2.75, 3.05) is 5.33 Å². The molecule has 1 aromatic carbocycles. The summed E-state index contributed by atoms with van der Waals surface area (Å²) in [6, 6.07) is 9.49. The van der Waals surface area contributed by atoms with E-state index in [2.05, 4.69) is 27.8 Å². The lowest BCUT2D eigenvalue weighted by molar-refractivity contribution is -0.113. The van der Waals surface area contributed by atoms with Crippen molar-refractivity contribution in [2.45, 2.75) is 6.42 Å². The molecular formula is C11H9BrO. The van der Waals surface area contributed by atoms with Gasteiger partial charge in [-0.25, -0.2) is 0 Å². The van der Waals surface area contributed by atoms with Crippen LogP contribution in [0.4, 0.5) is 0 Å². The first-order valence-electron chi connectivity index (χ1n) is 3.99. The Bertz CT molecular complexity index is 332. The molecule has 2 heteroatoms. The Balaban J connectivity index is 2.62. The fourth-order valence-corrected chi connectivity index (χ4v) is 1.17. The number of alkyl halides is 1. The summed E-state index contributed by atoms with van der Waals surface area (Å²) in [5.74, 6) is 5.36. The zero-order chi connectivity index (χ0) is 9.52. The van der Waals surface area contributed by atoms with Crippen LogP contribution in [0.25, 0.3) is 0 Å². The summed E-state index contributed by atoms with van der Waals surface area (Å²) in [4.78, 5) is 11.0. The summed E-state index contributed by atoms with van der Waals surface area (Å²) in [5.41, 5.74) is 0.880. The molecule has 0 N–H and O–H groups in total. The van der Waals surface area contributed by atoms with Crippen molar-refractivity contribution in [1.82, 2.24) is 0 Å². The van der Waals surface area contributed by atoms with E-state index in [0.717, 1.165) is 5.56 Å². The van der Waals surface area contributed by atoms with Crippen LogP contribution in [-0.4, -0.2) is 11.1 Å². The van der Waals surface area contributed by atoms with Crippen LogP contribution in [0, 0.1) is 11.8 Å². The van der Waals surface area contributed by atoms with Crippen LogP contribution in [0.15, 0.2) is 30.3 Å². The van der Waals surface area contributed by atoms with Crippen LogP contribution >= 0.6 is 15.9 Å². The Morgan fingerprint density at radius 1 is 1.31 bits per heavy atom. The molecule has 0 fully saturated rings. The molecule has 0 aliphatic heterocycles. The predicted molar refractivity (Wildman–Crippen MR) is 56.7 cm³/mol. The van der Waals surface area contributed by atoms with Gasteiger partial charge in [-0.3, -0.25) is 4.79 Å². The van der Waals surface area contributed by atoms with Crippen molar-refractivity contribution in [2.24, 2.45) is 0 Å². The minimum absolute atomic E-state index is 0.0271. The quantitative estimate of drug-likeness (QED) is 0.570. The first-order valence-corrected chi connectivity index (χ1v) is 5.11. The smallest absolute Gasteiger partial charge is 0.206 e. The van der Waals surface area contributed by atoms with Gasteiger partial charge >= 0.3 is 0 Å². The minimum Gasteiger partial charge on any atom is -0.285 e. The van der Waals surface area contributed by atoms with Gasteiger partial charge in [0.15, 0.2) is 0 Å². The lowest BCUT2D eigenvalue weighted by Crippen LogP contribution is -1.92. The van der Waals surface area contributed by atoms with Gasteiger partial charge in [-0.1, -0.05) is 40.0 Å². The third kappa shape index (κ3) is 3.91. The van der Waals surface area contributed by atoms with Gasteiger partial charge in [0.1, 0.15) is 0 Å². The standard InChI is InChI=1S/C11H9BrO/c12-9-8-11(13)7-6-10-4-2-1-3-5-10/h1-5H,8-9H2. The maximum Gasteiger partial charge on any atom is 0.206 e. The molecule has 0 amide bonds. The van der Waals surface area contributed by atoms with Gasteiger partial charge in [0, 0.05) is 17.3 Å². The van der Waals surface area contributed by atoms with E-state index < -0.39 is 0 Å². The molecular weight excluding hydrogens is 228 g/mol. The highest BCUT2D eigenvalue weighted by atomic mass is 79.9. The largest absolute Gasteiger partial charge is 0.285 e. The third-order valence-electron chi connectivity index (χ3n) is 1.44. The van der Waals surface area contributed by atoms with Crippen molar-refractivity contribution in [3.8, 4) is 11.8 Å². The van der Waals surface area contributed by atoms with Crippen LogP contribution in [0.1, 0.15) is 12.0 Å². The third-order valence-corrected chi connectivity index (χ3v) is 1.84. The first-order chi connectivity index (χ1) is 6.33. The Morgan fingerprint density at radius 2 is 2.00 bits per heavy atom. The summed E-state index contributed by atoms with van der Waals surface area (Å²) < 4.78 is 0. The van der Waals surface area contributed by atoms with Crippen molar-refractivity contribution >= 4 is 21.7 Å². The molecule has 0 unspecified atom stereocenters. The number of rotatable bonds is 2. The number of hydrogen-bond donors (Lipinski definition) is 0. The first kappa shape index (κ1) is 10.0. The number of halogens is 1. The summed E-state index contributed by atoms with van der Waals surface area (Å²) in [5, 5.41) is 0.676. The Hall–Kier alpha value is -1.07. The number of ketones is 1. The van der Waals surface area contributed by atoms with E-state index in [1.165, 1.54) is 0 Å². The number of carbonyl (C=O) groups excluding carboxylic acids is 1. The molecule has 0 atom stereocenters. The monoisotopic (exact) mass is 236 g/mol. The molecule has 0 aromatic heterocycles. The zero-order valence-corrected chi connectivity index (χ0v) is 8.67. The molecule has 0 aliphatic carbocycles. The summed E-state index contributed by atoms with van der Waals surface area (Å²) in [7, 11) is 0. The maximum absolute atomic E-state index is 11.0. The van der Waals surface area contributed by atoms with Crippen LogP contribution in [0.2, 0.25) is 0 Å². The van der Waals surface area contributed by atoms with Gasteiger partial charge in [0.2, 0.25) is 5.78 Å². The van der Waals surface area contributed by atoms with E-state index in [1.54, 1.807) is 0 Å². The molecule has 66 valence electrons. The minimum atomic E-state index is -0.0271. The average Bonchev–Trinajstić information content (AvgIpc) is 2.17. The van der Waals surface area contributed by atoms with E-state index in [4.69, 9.17) is 0 Å². The maximum atomic E-state index is 11.0. The normalized spacial score (nSPS) is 8.69. The van der Waals surface area contributed by atoms with Crippen molar-refractivity contribution in [3.05, 3.63) is 35.9 Å². The molecule has 13 heavy (non-hydrogen) atoms. The average molecular weight is 237 g/mol. The van der Waals surface area contributed by atoms with Crippen molar-refractivity contribution in [3.63, 3.8) is 0 Å². The molecule has 0 bridgehead atoms. The topological polar surface area (TPSA) is 17.1 Å². The molecule has 0 saturated carbocycles. The summed E-state index contributed by atoms with van der Waals surface area (Å²) >= 11 is 3.19. The molecule has 1 aromatic rings. The number of hydrogen-bond acceptors (Lipinski definition) is 1. The van der Waals surface area contributed by atoms with Gasteiger partial charge in [-0.05, 0) is 18.1 Å². The highest BCUT2D eigenvalue weighted by Gasteiger charge is 1.92. The van der Waals surface area contributed by atoms with E-state index in [0.29, 0.717) is 11.8 Å². The second-order valence-electron chi connectivity index (χ2n) is 2.48. The van der Waals surface area contributed by atoms with Gasteiger partial charge in [0.25, 0.3) is 0 Å². The van der Waals surface area contributed by atoms with Crippen LogP contribution in [0.3, 0.4) is 0 Å². The van der Waals surface area contributed by atoms with Crippen LogP contribution in [-0.2, 0) is 4.79 Å². The lowest BCUT2D eigenvalue weighted by atomic mass is 10.2. The van der Waals surface area contributed by atoms with E-state index in [1.807, 2.05) is 30.3 Å². The second kappa shape index (κ2) is 5.55. The van der Waals surface area contributed by atoms with Gasteiger partial charge in [-0.2, -0.15) is 0 Å². The molecule has 0 saturated heterocycles. The van der Waals surface area contributed by atoms with Crippen LogP contribution in [0.5, 0.6) is 0 Å². The second-order valence-corrected chi connectivity index (χ2v) is 3.27. The van der Waals surface area contributed by atoms with Gasteiger partial charge < -0.3 is 0 Å². The summed E-state index contributed by atoms with van der Waals surface area (Å²) in [6.07, 6.45) is 0.472. The molecule has 0 spiro atoms. The van der Waals surface area contributed by atoms with Gasteiger partial charge in [0.05, 0.1) is 0 Å². The molecule has 0 aliphatic rings. The lowest BCUT2D eigenvalue weighted by Gasteiger charge is -1.86. The van der Waals surface area contributed by atoms with E-state index >= 15 is 0 Å². The number of benzene rings is 1. The Kier molecular flexibility index (Phi) is 4.28. The molecule has 1 rings (SSSR count). The highest BCUT2D eigenvalue weighted by Crippen LogP contribution is 1.95. The van der Waals surface area contributed by atoms with Crippen LogP contribution < -0.4 is 0 Å². The fraction of sp³-hybridized carbons (Fsp3) is 0.182. The molecule has 1 nitrogen and oxygen atoms in total. The SMILES string of the molecule is O=C(C#Cc1ccccc1)CCBr. The Labute approximate surface area is 86.3 Å². The number of carbonyl (C=O) groups is 1.